The van der Waals surface area contributed by atoms with Crippen LogP contribution in [-0.4, -0.2) is 64.9 Å². The number of hydrogen-bond acceptors (Lipinski definition) is 8. The number of amides is 1. The van der Waals surface area contributed by atoms with Crippen molar-refractivity contribution >= 4 is 46.0 Å². The summed E-state index contributed by atoms with van der Waals surface area (Å²) < 4.78 is 17.0. The first kappa shape index (κ1) is 33.7. The molecule has 1 saturated heterocycles. The third kappa shape index (κ3) is 7.36. The molecule has 2 fully saturated rings. The van der Waals surface area contributed by atoms with Crippen molar-refractivity contribution in [1.29, 1.82) is 0 Å². The standard InChI is InChI=1S/C34H45ClN2O7/c1-9-21-17-34(21,31(41)42-8)18-27(38)26-15-23(43-29-24-11-10-22(35)14-20(24)12-13-36-29)19-37(26)30(40)25(32(2,3)4)16-28(39)44-33(5,6)7/h10-14,21,23,25-26H,9,15-19H2,1-8H3/t21-,23-,25-,26+,34-/m1/s1. The molecule has 0 radical (unpaired) electrons. The van der Waals surface area contributed by atoms with E-state index >= 15 is 0 Å². The summed E-state index contributed by atoms with van der Waals surface area (Å²) in [6.07, 6.45) is 2.50. The molecule has 0 bridgehead atoms. The van der Waals surface area contributed by atoms with Crippen LogP contribution in [0.25, 0.3) is 10.8 Å². The van der Waals surface area contributed by atoms with Gasteiger partial charge in [0.05, 0.1) is 37.5 Å². The Labute approximate surface area is 264 Å². The fraction of sp³-hybridized carbons (Fsp3) is 0.618. The molecule has 1 aromatic heterocycles. The molecule has 44 heavy (non-hydrogen) atoms. The maximum atomic E-state index is 14.3. The van der Waals surface area contributed by atoms with Crippen LogP contribution in [-0.2, 0) is 28.7 Å². The first-order valence-electron chi connectivity index (χ1n) is 15.3. The number of rotatable bonds is 10. The van der Waals surface area contributed by atoms with Gasteiger partial charge in [-0.15, -0.1) is 0 Å². The number of ether oxygens (including phenoxy) is 3. The Morgan fingerprint density at radius 2 is 1.82 bits per heavy atom. The first-order valence-corrected chi connectivity index (χ1v) is 15.7. The summed E-state index contributed by atoms with van der Waals surface area (Å²) in [5, 5.41) is 2.20. The zero-order valence-corrected chi connectivity index (χ0v) is 27.8. The zero-order valence-electron chi connectivity index (χ0n) is 27.1. The molecule has 2 heterocycles. The number of halogens is 1. The van der Waals surface area contributed by atoms with Gasteiger partial charge in [0.25, 0.3) is 0 Å². The number of likely N-dealkylation sites (tertiary alicyclic amines) is 1. The molecule has 1 amide bonds. The van der Waals surface area contributed by atoms with Crippen LogP contribution in [0, 0.1) is 22.7 Å². The van der Waals surface area contributed by atoms with Gasteiger partial charge in [-0.2, -0.15) is 0 Å². The number of pyridine rings is 1. The molecule has 0 spiro atoms. The molecule has 9 nitrogen and oxygen atoms in total. The normalized spacial score (nSPS) is 24.1. The average Bonchev–Trinajstić information content (AvgIpc) is 3.48. The average molecular weight is 629 g/mol. The van der Waals surface area contributed by atoms with Gasteiger partial charge in [0.1, 0.15) is 11.7 Å². The highest BCUT2D eigenvalue weighted by Crippen LogP contribution is 2.58. The number of esters is 2. The highest BCUT2D eigenvalue weighted by atomic mass is 35.5. The van der Waals surface area contributed by atoms with Gasteiger partial charge in [-0.05, 0) is 68.2 Å². The third-order valence-corrected chi connectivity index (χ3v) is 9.06. The van der Waals surface area contributed by atoms with Gasteiger partial charge in [-0.25, -0.2) is 4.98 Å². The molecule has 1 saturated carbocycles. The summed E-state index contributed by atoms with van der Waals surface area (Å²) in [5.74, 6) is -1.72. The van der Waals surface area contributed by atoms with E-state index in [4.69, 9.17) is 25.8 Å². The Kier molecular flexibility index (Phi) is 9.69. The number of Topliss-reactive ketones (excluding diaryl/α,β-unsaturated/α-hetero) is 1. The van der Waals surface area contributed by atoms with Gasteiger partial charge < -0.3 is 19.1 Å². The molecule has 4 rings (SSSR count). The Balaban J connectivity index is 1.65. The lowest BCUT2D eigenvalue weighted by atomic mass is 9.77. The lowest BCUT2D eigenvalue weighted by molar-refractivity contribution is -0.161. The summed E-state index contributed by atoms with van der Waals surface area (Å²) in [7, 11) is 1.34. The second-order valence-electron chi connectivity index (χ2n) is 14.3. The van der Waals surface area contributed by atoms with E-state index in [2.05, 4.69) is 4.98 Å². The van der Waals surface area contributed by atoms with E-state index in [0.717, 1.165) is 17.2 Å². The summed E-state index contributed by atoms with van der Waals surface area (Å²) in [4.78, 5) is 60.1. The van der Waals surface area contributed by atoms with E-state index < -0.39 is 46.4 Å². The number of fused-ring (bicyclic) bond motifs is 1. The molecule has 1 aromatic carbocycles. The van der Waals surface area contributed by atoms with Crippen LogP contribution >= 0.6 is 11.6 Å². The van der Waals surface area contributed by atoms with Crippen molar-refractivity contribution in [2.24, 2.45) is 22.7 Å². The lowest BCUT2D eigenvalue weighted by Gasteiger charge is -2.35. The summed E-state index contributed by atoms with van der Waals surface area (Å²) in [6.45, 7) is 13.2. The van der Waals surface area contributed by atoms with E-state index in [9.17, 15) is 19.2 Å². The van der Waals surface area contributed by atoms with Crippen molar-refractivity contribution in [2.75, 3.05) is 13.7 Å². The summed E-state index contributed by atoms with van der Waals surface area (Å²) in [5.41, 5.74) is -2.18. The maximum Gasteiger partial charge on any atom is 0.312 e. The van der Waals surface area contributed by atoms with Crippen molar-refractivity contribution < 1.29 is 33.4 Å². The molecule has 0 unspecified atom stereocenters. The maximum absolute atomic E-state index is 14.3. The van der Waals surface area contributed by atoms with Gasteiger partial charge in [0.2, 0.25) is 11.8 Å². The molecular weight excluding hydrogens is 584 g/mol. The third-order valence-electron chi connectivity index (χ3n) is 8.83. The quantitative estimate of drug-likeness (QED) is 0.287. The first-order chi connectivity index (χ1) is 20.5. The number of methoxy groups -OCH3 is 1. The van der Waals surface area contributed by atoms with Gasteiger partial charge in [-0.3, -0.25) is 19.2 Å². The zero-order chi connectivity index (χ0) is 32.6. The SMILES string of the molecule is CC[C@@H]1C[C@]1(CC(=O)[C@@H]1C[C@@H](Oc2nccc3cc(Cl)ccc23)CN1C(=O)[C@@H](CC(=O)OC(C)(C)C)C(C)(C)C)C(=O)OC. The number of aromatic nitrogens is 1. The second-order valence-corrected chi connectivity index (χ2v) is 14.7. The smallest absolute Gasteiger partial charge is 0.312 e. The highest BCUT2D eigenvalue weighted by molar-refractivity contribution is 6.31. The predicted molar refractivity (Wildman–Crippen MR) is 167 cm³/mol. The van der Waals surface area contributed by atoms with Crippen molar-refractivity contribution in [2.45, 2.75) is 98.3 Å². The van der Waals surface area contributed by atoms with E-state index in [1.54, 1.807) is 37.9 Å². The number of nitrogens with zero attached hydrogens (tertiary/aromatic N) is 2. The Bertz CT molecular complexity index is 1430. The minimum atomic E-state index is -0.870. The number of carbonyl (C=O) groups is 4. The molecule has 240 valence electrons. The van der Waals surface area contributed by atoms with Gasteiger partial charge in [-0.1, -0.05) is 45.7 Å². The highest BCUT2D eigenvalue weighted by Gasteiger charge is 2.61. The molecule has 2 aromatic rings. The number of ketones is 1. The van der Waals surface area contributed by atoms with Crippen molar-refractivity contribution in [1.82, 2.24) is 9.88 Å². The van der Waals surface area contributed by atoms with Gasteiger partial charge in [0.15, 0.2) is 5.78 Å². The lowest BCUT2D eigenvalue weighted by Crippen LogP contribution is -2.48. The Morgan fingerprint density at radius 3 is 2.41 bits per heavy atom. The van der Waals surface area contributed by atoms with Gasteiger partial charge >= 0.3 is 11.9 Å². The van der Waals surface area contributed by atoms with Crippen LogP contribution < -0.4 is 4.74 Å². The van der Waals surface area contributed by atoms with E-state index in [0.29, 0.717) is 17.3 Å². The minimum absolute atomic E-state index is 0.0172. The monoisotopic (exact) mass is 628 g/mol. The molecule has 1 aliphatic heterocycles. The van der Waals surface area contributed by atoms with E-state index in [1.165, 1.54) is 7.11 Å². The fourth-order valence-corrected chi connectivity index (χ4v) is 6.59. The van der Waals surface area contributed by atoms with Crippen LogP contribution in [0.3, 0.4) is 0 Å². The Morgan fingerprint density at radius 1 is 1.11 bits per heavy atom. The molecule has 10 heteroatoms. The molecule has 0 N–H and O–H groups in total. The number of benzene rings is 1. The fourth-order valence-electron chi connectivity index (χ4n) is 6.40. The van der Waals surface area contributed by atoms with Gasteiger partial charge in [0, 0.05) is 29.4 Å². The molecule has 5 atom stereocenters. The second kappa shape index (κ2) is 12.7. The topological polar surface area (TPSA) is 112 Å². The summed E-state index contributed by atoms with van der Waals surface area (Å²) >= 11 is 6.19. The predicted octanol–water partition coefficient (Wildman–Crippen LogP) is 6.18. The molecule has 2 aliphatic rings. The van der Waals surface area contributed by atoms with Crippen molar-refractivity contribution in [3.05, 3.63) is 35.5 Å². The van der Waals surface area contributed by atoms with Crippen LogP contribution in [0.1, 0.15) is 80.6 Å². The van der Waals surface area contributed by atoms with Crippen LogP contribution in [0.4, 0.5) is 0 Å². The largest absolute Gasteiger partial charge is 0.472 e. The summed E-state index contributed by atoms with van der Waals surface area (Å²) in [6, 6.07) is 6.40. The van der Waals surface area contributed by atoms with E-state index in [-0.39, 0.29) is 43.4 Å². The van der Waals surface area contributed by atoms with Crippen LogP contribution in [0.5, 0.6) is 5.88 Å². The number of carbonyl (C=O) groups excluding carboxylic acids is 4. The van der Waals surface area contributed by atoms with Crippen LogP contribution in [0.2, 0.25) is 5.02 Å². The van der Waals surface area contributed by atoms with E-state index in [1.807, 2.05) is 45.9 Å². The van der Waals surface area contributed by atoms with Crippen LogP contribution in [0.15, 0.2) is 30.5 Å². The minimum Gasteiger partial charge on any atom is -0.472 e. The number of hydrogen-bond donors (Lipinski definition) is 0. The van der Waals surface area contributed by atoms with Crippen molar-refractivity contribution in [3.8, 4) is 5.88 Å². The molecule has 1 aliphatic carbocycles. The van der Waals surface area contributed by atoms with Crippen molar-refractivity contribution in [3.63, 3.8) is 0 Å². The Hall–Kier alpha value is -3.20. The molecular formula is C34H45ClN2O7.